The van der Waals surface area contributed by atoms with E-state index in [9.17, 15) is 5.11 Å². The Kier molecular flexibility index (Phi) is 6.90. The van der Waals surface area contributed by atoms with Crippen molar-refractivity contribution in [1.82, 2.24) is 0 Å². The lowest BCUT2D eigenvalue weighted by molar-refractivity contribution is 0.273. The molecule has 6 heteroatoms. The highest BCUT2D eigenvalue weighted by atomic mass is 35.5. The first-order chi connectivity index (χ1) is 11.1. The van der Waals surface area contributed by atoms with Crippen LogP contribution >= 0.6 is 35.0 Å². The van der Waals surface area contributed by atoms with Gasteiger partial charge >= 0.3 is 0 Å². The molecule has 124 valence electrons. The molecule has 0 atom stereocenters. The second-order valence-electron chi connectivity index (χ2n) is 4.90. The molecule has 0 saturated carbocycles. The number of hydrogen-bond acceptors (Lipinski definition) is 4. The molecule has 23 heavy (non-hydrogen) atoms. The van der Waals surface area contributed by atoms with Crippen molar-refractivity contribution in [3.05, 3.63) is 57.1 Å². The molecule has 2 rings (SSSR count). The number of ether oxygens (including phenoxy) is 2. The maximum atomic E-state index is 9.38. The van der Waals surface area contributed by atoms with Crippen molar-refractivity contribution in [1.29, 1.82) is 0 Å². The third kappa shape index (κ3) is 4.70. The van der Waals surface area contributed by atoms with E-state index in [0.717, 1.165) is 22.4 Å². The largest absolute Gasteiger partial charge is 0.493 e. The van der Waals surface area contributed by atoms with Gasteiger partial charge in [-0.15, -0.1) is 0 Å². The molecule has 0 saturated heterocycles. The Morgan fingerprint density at radius 3 is 2.52 bits per heavy atom. The first kappa shape index (κ1) is 18.3. The van der Waals surface area contributed by atoms with Crippen LogP contribution in [0.2, 0.25) is 10.0 Å². The zero-order valence-corrected chi connectivity index (χ0v) is 15.3. The minimum atomic E-state index is -0.0406. The summed E-state index contributed by atoms with van der Waals surface area (Å²) in [6, 6.07) is 9.02. The lowest BCUT2D eigenvalue weighted by Gasteiger charge is -2.17. The average Bonchev–Trinajstić information content (AvgIpc) is 2.54. The Balaban J connectivity index is 2.29. The average molecular weight is 373 g/mol. The van der Waals surface area contributed by atoms with E-state index in [0.29, 0.717) is 28.2 Å². The lowest BCUT2D eigenvalue weighted by Crippen LogP contribution is -2.02. The number of hydrogen-bond donors (Lipinski definition) is 1. The molecule has 0 fully saturated rings. The molecule has 0 radical (unpaired) electrons. The molecule has 0 heterocycles. The topological polar surface area (TPSA) is 38.7 Å². The molecule has 0 aliphatic heterocycles. The number of benzene rings is 2. The van der Waals surface area contributed by atoms with Gasteiger partial charge in [0.05, 0.1) is 13.7 Å². The van der Waals surface area contributed by atoms with Gasteiger partial charge in [-0.2, -0.15) is 11.8 Å². The minimum Gasteiger partial charge on any atom is -0.493 e. The van der Waals surface area contributed by atoms with Gasteiger partial charge in [0, 0.05) is 26.9 Å². The first-order valence-electron chi connectivity index (χ1n) is 6.95. The zero-order valence-electron chi connectivity index (χ0n) is 12.9. The SMILES string of the molecule is COc1cc(CO)cc(CSC)c1OCc1ccc(Cl)cc1Cl. The molecule has 3 nitrogen and oxygen atoms in total. The van der Waals surface area contributed by atoms with Gasteiger partial charge in [0.2, 0.25) is 0 Å². The van der Waals surface area contributed by atoms with Crippen LogP contribution in [0.3, 0.4) is 0 Å². The maximum Gasteiger partial charge on any atom is 0.165 e. The highest BCUT2D eigenvalue weighted by molar-refractivity contribution is 7.97. The van der Waals surface area contributed by atoms with Crippen molar-refractivity contribution in [2.24, 2.45) is 0 Å². The summed E-state index contributed by atoms with van der Waals surface area (Å²) in [4.78, 5) is 0. The van der Waals surface area contributed by atoms with Gasteiger partial charge in [0.15, 0.2) is 11.5 Å². The molecule has 0 unspecified atom stereocenters. The fourth-order valence-electron chi connectivity index (χ4n) is 2.18. The highest BCUT2D eigenvalue weighted by Gasteiger charge is 2.14. The fraction of sp³-hybridized carbons (Fsp3) is 0.294. The molecule has 0 aromatic heterocycles. The monoisotopic (exact) mass is 372 g/mol. The Bertz CT molecular complexity index is 677. The summed E-state index contributed by atoms with van der Waals surface area (Å²) in [6.45, 7) is 0.271. The Morgan fingerprint density at radius 1 is 1.13 bits per heavy atom. The van der Waals surface area contributed by atoms with Crippen LogP contribution in [0.4, 0.5) is 0 Å². The summed E-state index contributed by atoms with van der Waals surface area (Å²) in [7, 11) is 1.58. The molecule has 1 N–H and O–H groups in total. The number of methoxy groups -OCH3 is 1. The minimum absolute atomic E-state index is 0.0406. The van der Waals surface area contributed by atoms with Crippen molar-refractivity contribution in [2.45, 2.75) is 19.0 Å². The van der Waals surface area contributed by atoms with Crippen molar-refractivity contribution in [3.8, 4) is 11.5 Å². The summed E-state index contributed by atoms with van der Waals surface area (Å²) < 4.78 is 11.4. The van der Waals surface area contributed by atoms with Gasteiger partial charge in [-0.25, -0.2) is 0 Å². The molecule has 0 spiro atoms. The van der Waals surface area contributed by atoms with Gasteiger partial charge in [0.1, 0.15) is 6.61 Å². The third-order valence-corrected chi connectivity index (χ3v) is 4.47. The maximum absolute atomic E-state index is 9.38. The number of aliphatic hydroxyl groups excluding tert-OH is 1. The number of halogens is 2. The van der Waals surface area contributed by atoms with E-state index in [1.165, 1.54) is 0 Å². The van der Waals surface area contributed by atoms with Gasteiger partial charge in [0.25, 0.3) is 0 Å². The lowest BCUT2D eigenvalue weighted by atomic mass is 10.1. The fourth-order valence-corrected chi connectivity index (χ4v) is 3.17. The van der Waals surface area contributed by atoms with E-state index in [1.807, 2.05) is 18.4 Å². The van der Waals surface area contributed by atoms with Crippen LogP contribution < -0.4 is 9.47 Å². The molecule has 0 bridgehead atoms. The number of thioether (sulfide) groups is 1. The molecule has 2 aromatic rings. The van der Waals surface area contributed by atoms with Crippen LogP contribution in [-0.4, -0.2) is 18.5 Å². The number of rotatable bonds is 7. The van der Waals surface area contributed by atoms with Crippen molar-refractivity contribution in [2.75, 3.05) is 13.4 Å². The Morgan fingerprint density at radius 2 is 1.91 bits per heavy atom. The van der Waals surface area contributed by atoms with Crippen molar-refractivity contribution < 1.29 is 14.6 Å². The third-order valence-electron chi connectivity index (χ3n) is 3.28. The second-order valence-corrected chi connectivity index (χ2v) is 6.61. The van der Waals surface area contributed by atoms with E-state index in [1.54, 1.807) is 37.1 Å². The van der Waals surface area contributed by atoms with Crippen LogP contribution in [0.25, 0.3) is 0 Å². The molecular weight excluding hydrogens is 355 g/mol. The van der Waals surface area contributed by atoms with E-state index in [2.05, 4.69) is 0 Å². The molecule has 2 aromatic carbocycles. The van der Waals surface area contributed by atoms with Crippen molar-refractivity contribution in [3.63, 3.8) is 0 Å². The predicted octanol–water partition coefficient (Wildman–Crippen LogP) is 4.94. The van der Waals surface area contributed by atoms with Crippen molar-refractivity contribution >= 4 is 35.0 Å². The standard InChI is InChI=1S/C17H18Cl2O3S/c1-21-16-6-11(8-20)5-13(10-23-2)17(16)22-9-12-3-4-14(18)7-15(12)19/h3-7,20H,8-10H2,1-2H3. The van der Waals surface area contributed by atoms with Crippen LogP contribution in [0, 0.1) is 0 Å². The summed E-state index contributed by atoms with van der Waals surface area (Å²) in [6.07, 6.45) is 2.01. The predicted molar refractivity (Wildman–Crippen MR) is 96.9 cm³/mol. The normalized spacial score (nSPS) is 10.7. The number of aliphatic hydroxyl groups is 1. The highest BCUT2D eigenvalue weighted by Crippen LogP contribution is 2.36. The van der Waals surface area contributed by atoms with Gasteiger partial charge < -0.3 is 14.6 Å². The van der Waals surface area contributed by atoms with E-state index in [4.69, 9.17) is 32.7 Å². The van der Waals surface area contributed by atoms with Crippen LogP contribution in [0.15, 0.2) is 30.3 Å². The van der Waals surface area contributed by atoms with Crippen LogP contribution in [0.1, 0.15) is 16.7 Å². The van der Waals surface area contributed by atoms with Crippen LogP contribution in [-0.2, 0) is 19.0 Å². The van der Waals surface area contributed by atoms with Gasteiger partial charge in [-0.3, -0.25) is 0 Å². The summed E-state index contributed by atoms with van der Waals surface area (Å²) in [5.41, 5.74) is 2.62. The molecular formula is C17H18Cl2O3S. The quantitative estimate of drug-likeness (QED) is 0.747. The zero-order chi connectivity index (χ0) is 16.8. The smallest absolute Gasteiger partial charge is 0.165 e. The Hall–Kier alpha value is -1.07. The molecule has 0 aliphatic carbocycles. The first-order valence-corrected chi connectivity index (χ1v) is 9.10. The second kappa shape index (κ2) is 8.69. The molecule has 0 amide bonds. The van der Waals surface area contributed by atoms with Gasteiger partial charge in [-0.05, 0) is 36.1 Å². The molecule has 0 aliphatic rings. The Labute approximate surface area is 150 Å². The van der Waals surface area contributed by atoms with E-state index < -0.39 is 0 Å². The van der Waals surface area contributed by atoms with Gasteiger partial charge in [-0.1, -0.05) is 29.3 Å². The summed E-state index contributed by atoms with van der Waals surface area (Å²) >= 11 is 13.8. The summed E-state index contributed by atoms with van der Waals surface area (Å²) in [5, 5.41) is 10.5. The van der Waals surface area contributed by atoms with E-state index in [-0.39, 0.29) is 6.61 Å². The summed E-state index contributed by atoms with van der Waals surface area (Å²) in [5.74, 6) is 2.03. The van der Waals surface area contributed by atoms with Crippen LogP contribution in [0.5, 0.6) is 11.5 Å². The van der Waals surface area contributed by atoms with E-state index >= 15 is 0 Å².